The molecule has 2 N–H and O–H groups in total. The number of hydrogen-bond acceptors (Lipinski definition) is 3. The number of hydrogen-bond donors (Lipinski definition) is 2. The van der Waals surface area contributed by atoms with Gasteiger partial charge in [-0.25, -0.2) is 13.6 Å². The number of benzene rings is 2. The van der Waals surface area contributed by atoms with Crippen molar-refractivity contribution in [3.8, 4) is 5.69 Å². The Morgan fingerprint density at radius 2 is 1.92 bits per heavy atom. The van der Waals surface area contributed by atoms with Gasteiger partial charge in [0.2, 0.25) is 0 Å². The van der Waals surface area contributed by atoms with Crippen LogP contribution in [0.1, 0.15) is 21.7 Å². The predicted molar refractivity (Wildman–Crippen MR) is 89.9 cm³/mol. The van der Waals surface area contributed by atoms with Crippen molar-refractivity contribution < 1.29 is 18.7 Å². The summed E-state index contributed by atoms with van der Waals surface area (Å²) in [7, 11) is 0. The summed E-state index contributed by atoms with van der Waals surface area (Å²) in [6.07, 6.45) is 0.0901. The largest absolute Gasteiger partial charge is 0.478 e. The van der Waals surface area contributed by atoms with E-state index in [0.717, 1.165) is 6.07 Å². The fraction of sp³-hybridized carbons (Fsp3) is 0.0625. The summed E-state index contributed by atoms with van der Waals surface area (Å²) in [6.45, 7) is 0. The molecule has 0 aliphatic heterocycles. The first-order valence-electron chi connectivity index (χ1n) is 6.99. The van der Waals surface area contributed by atoms with Gasteiger partial charge in [-0.05, 0) is 48.1 Å². The summed E-state index contributed by atoms with van der Waals surface area (Å²) in [5, 5.41) is 15.9. The Morgan fingerprint density at radius 1 is 1.24 bits per heavy atom. The van der Waals surface area contributed by atoms with Crippen molar-refractivity contribution in [3.05, 3.63) is 74.8 Å². The lowest BCUT2D eigenvalue weighted by Gasteiger charge is -2.09. The number of aromatic amines is 1. The Labute approximate surface area is 150 Å². The monoisotopic (exact) mass is 381 g/mol. The number of aromatic carboxylic acids is 1. The second-order valence-electron chi connectivity index (χ2n) is 5.20. The first-order chi connectivity index (χ1) is 11.8. The van der Waals surface area contributed by atoms with Crippen molar-refractivity contribution in [3.63, 3.8) is 0 Å². The molecule has 0 amide bonds. The first kappa shape index (κ1) is 17.2. The maximum absolute atomic E-state index is 13.4. The third-order valence-corrected chi connectivity index (χ3v) is 4.07. The van der Waals surface area contributed by atoms with Crippen LogP contribution >= 0.6 is 23.8 Å². The Balaban J connectivity index is 2.07. The van der Waals surface area contributed by atoms with E-state index >= 15 is 0 Å². The van der Waals surface area contributed by atoms with Crippen molar-refractivity contribution in [2.24, 2.45) is 0 Å². The van der Waals surface area contributed by atoms with Crippen molar-refractivity contribution >= 4 is 29.8 Å². The minimum absolute atomic E-state index is 0.0833. The van der Waals surface area contributed by atoms with E-state index in [4.69, 9.17) is 23.8 Å². The average Bonchev–Trinajstić information content (AvgIpc) is 2.87. The Kier molecular flexibility index (Phi) is 4.65. The molecular formula is C16H10ClF2N3O2S. The molecule has 5 nitrogen and oxygen atoms in total. The third kappa shape index (κ3) is 3.59. The number of halogens is 3. The highest BCUT2D eigenvalue weighted by Crippen LogP contribution is 2.22. The van der Waals surface area contributed by atoms with Crippen LogP contribution in [0.15, 0.2) is 36.4 Å². The molecule has 0 bridgehead atoms. The number of nitrogens with zero attached hydrogens (tertiary/aromatic N) is 2. The summed E-state index contributed by atoms with van der Waals surface area (Å²) in [5.41, 5.74) is 0.692. The minimum atomic E-state index is -1.18. The van der Waals surface area contributed by atoms with Crippen LogP contribution in [-0.4, -0.2) is 25.8 Å². The van der Waals surface area contributed by atoms with Crippen LogP contribution in [0.2, 0.25) is 5.02 Å². The summed E-state index contributed by atoms with van der Waals surface area (Å²) >= 11 is 11.1. The quantitative estimate of drug-likeness (QED) is 0.666. The second-order valence-corrected chi connectivity index (χ2v) is 6.00. The lowest BCUT2D eigenvalue weighted by Crippen LogP contribution is -2.05. The van der Waals surface area contributed by atoms with Gasteiger partial charge >= 0.3 is 5.97 Å². The predicted octanol–water partition coefficient (Wildman–Crippen LogP) is 4.15. The molecule has 0 aliphatic carbocycles. The van der Waals surface area contributed by atoms with Gasteiger partial charge in [0.25, 0.3) is 0 Å². The third-order valence-electron chi connectivity index (χ3n) is 3.46. The number of aromatic nitrogens is 3. The van der Waals surface area contributed by atoms with Crippen molar-refractivity contribution in [1.29, 1.82) is 0 Å². The molecule has 3 aromatic rings. The maximum Gasteiger partial charge on any atom is 0.337 e. The summed E-state index contributed by atoms with van der Waals surface area (Å²) in [5.74, 6) is -2.21. The van der Waals surface area contributed by atoms with E-state index in [2.05, 4.69) is 10.2 Å². The molecule has 0 radical (unpaired) electrons. The molecule has 0 unspecified atom stereocenters. The molecule has 0 fully saturated rings. The van der Waals surface area contributed by atoms with Gasteiger partial charge < -0.3 is 5.11 Å². The van der Waals surface area contributed by atoms with Crippen LogP contribution in [0, 0.1) is 16.4 Å². The van der Waals surface area contributed by atoms with Crippen molar-refractivity contribution in [2.75, 3.05) is 0 Å². The molecule has 25 heavy (non-hydrogen) atoms. The van der Waals surface area contributed by atoms with Crippen molar-refractivity contribution in [1.82, 2.24) is 14.8 Å². The average molecular weight is 382 g/mol. The van der Waals surface area contributed by atoms with Gasteiger partial charge in [0.15, 0.2) is 4.77 Å². The zero-order chi connectivity index (χ0) is 18.1. The smallest absolute Gasteiger partial charge is 0.337 e. The number of carbonyl (C=O) groups is 1. The highest BCUT2D eigenvalue weighted by molar-refractivity contribution is 7.71. The molecule has 2 aromatic carbocycles. The zero-order valence-corrected chi connectivity index (χ0v) is 14.0. The van der Waals surface area contributed by atoms with E-state index < -0.39 is 17.6 Å². The van der Waals surface area contributed by atoms with Gasteiger partial charge in [-0.3, -0.25) is 9.67 Å². The topological polar surface area (TPSA) is 70.9 Å². The van der Waals surface area contributed by atoms with Crippen LogP contribution in [0.4, 0.5) is 8.78 Å². The van der Waals surface area contributed by atoms with E-state index in [9.17, 15) is 18.7 Å². The molecule has 128 valence electrons. The fourth-order valence-corrected chi connectivity index (χ4v) is 2.88. The minimum Gasteiger partial charge on any atom is -0.478 e. The fourth-order valence-electron chi connectivity index (χ4n) is 2.43. The number of carboxylic acids is 1. The Morgan fingerprint density at radius 3 is 2.56 bits per heavy atom. The number of H-pyrrole nitrogens is 1. The first-order valence-corrected chi connectivity index (χ1v) is 7.78. The highest BCUT2D eigenvalue weighted by atomic mass is 35.5. The summed E-state index contributed by atoms with van der Waals surface area (Å²) in [4.78, 5) is 11.3. The van der Waals surface area contributed by atoms with Crippen LogP contribution in [0.25, 0.3) is 5.69 Å². The molecule has 0 aliphatic rings. The van der Waals surface area contributed by atoms with E-state index in [-0.39, 0.29) is 21.8 Å². The van der Waals surface area contributed by atoms with E-state index in [0.29, 0.717) is 17.1 Å². The Hall–Kier alpha value is -2.58. The summed E-state index contributed by atoms with van der Waals surface area (Å²) < 4.78 is 28.4. The molecule has 0 atom stereocenters. The second kappa shape index (κ2) is 6.73. The molecule has 0 spiro atoms. The molecule has 3 rings (SSSR count). The SMILES string of the molecule is O=C(O)c1cc(-n2c(Cc3cc(F)cc(F)c3)n[nH]c2=S)ccc1Cl. The van der Waals surface area contributed by atoms with E-state index in [1.165, 1.54) is 28.8 Å². The van der Waals surface area contributed by atoms with Crippen LogP contribution in [0.5, 0.6) is 0 Å². The zero-order valence-electron chi connectivity index (χ0n) is 12.5. The lowest BCUT2D eigenvalue weighted by atomic mass is 10.1. The van der Waals surface area contributed by atoms with Gasteiger partial charge in [0.1, 0.15) is 17.5 Å². The number of nitrogens with one attached hydrogen (secondary N) is 1. The van der Waals surface area contributed by atoms with E-state index in [1.54, 1.807) is 6.07 Å². The highest BCUT2D eigenvalue weighted by Gasteiger charge is 2.15. The molecular weight excluding hydrogens is 372 g/mol. The number of carboxylic acid groups (broad SMARTS) is 1. The van der Waals surface area contributed by atoms with Gasteiger partial charge in [-0.15, -0.1) is 0 Å². The van der Waals surface area contributed by atoms with Gasteiger partial charge in [0.05, 0.1) is 16.3 Å². The van der Waals surface area contributed by atoms with Crippen molar-refractivity contribution in [2.45, 2.75) is 6.42 Å². The normalized spacial score (nSPS) is 10.8. The standard InChI is InChI=1S/C16H10ClF2N3O2S/c17-13-2-1-11(7-12(13)15(23)24)22-14(20-21-16(22)25)5-8-3-9(18)6-10(19)4-8/h1-4,6-7H,5H2,(H,21,25)(H,23,24). The van der Waals surface area contributed by atoms with Gasteiger partial charge in [-0.1, -0.05) is 11.6 Å². The molecule has 1 aromatic heterocycles. The Bertz CT molecular complexity index is 1010. The summed E-state index contributed by atoms with van der Waals surface area (Å²) in [6, 6.07) is 7.52. The molecule has 0 saturated heterocycles. The molecule has 1 heterocycles. The number of rotatable bonds is 4. The van der Waals surface area contributed by atoms with Crippen LogP contribution < -0.4 is 0 Å². The van der Waals surface area contributed by atoms with Crippen LogP contribution in [-0.2, 0) is 6.42 Å². The van der Waals surface area contributed by atoms with Gasteiger partial charge in [0, 0.05) is 12.5 Å². The maximum atomic E-state index is 13.4. The van der Waals surface area contributed by atoms with Gasteiger partial charge in [-0.2, -0.15) is 5.10 Å². The lowest BCUT2D eigenvalue weighted by molar-refractivity contribution is 0.0697. The van der Waals surface area contributed by atoms with E-state index in [1.807, 2.05) is 0 Å². The molecule has 9 heteroatoms. The van der Waals surface area contributed by atoms with Crippen LogP contribution in [0.3, 0.4) is 0 Å². The molecule has 0 saturated carbocycles.